The van der Waals surface area contributed by atoms with Crippen LogP contribution in [0.2, 0.25) is 0 Å². The summed E-state index contributed by atoms with van der Waals surface area (Å²) >= 11 is 1.43. The molecular weight excluding hydrogens is 265 g/mol. The number of fused-ring (bicyclic) bond motifs is 1. The van der Waals surface area contributed by atoms with E-state index in [9.17, 15) is 14.3 Å². The fourth-order valence-corrected chi connectivity index (χ4v) is 2.98. The molecule has 2 heterocycles. The molecule has 1 aliphatic heterocycles. The van der Waals surface area contributed by atoms with Gasteiger partial charge in [0.25, 0.3) is 0 Å². The quantitative estimate of drug-likeness (QED) is 0.886. The number of nitrogens with one attached hydrogen (secondary N) is 1. The van der Waals surface area contributed by atoms with Crippen molar-refractivity contribution < 1.29 is 14.3 Å². The van der Waals surface area contributed by atoms with Gasteiger partial charge in [0.1, 0.15) is 11.9 Å². The molecule has 0 spiro atoms. The fourth-order valence-electron chi connectivity index (χ4n) is 2.24. The van der Waals surface area contributed by atoms with Crippen LogP contribution in [0.3, 0.4) is 0 Å². The van der Waals surface area contributed by atoms with E-state index in [0.717, 1.165) is 10.4 Å². The molecule has 0 aliphatic carbocycles. The summed E-state index contributed by atoms with van der Waals surface area (Å²) < 4.78 is 14.0. The molecule has 5 heteroatoms. The smallest absolute Gasteiger partial charge is 0.224 e. The van der Waals surface area contributed by atoms with E-state index in [4.69, 9.17) is 0 Å². The van der Waals surface area contributed by atoms with Crippen LogP contribution < -0.4 is 5.32 Å². The Morgan fingerprint density at radius 1 is 1.37 bits per heavy atom. The van der Waals surface area contributed by atoms with E-state index < -0.39 is 11.9 Å². The number of aryl methyl sites for hydroxylation is 1. The molecule has 1 aromatic carbocycles. The Morgan fingerprint density at radius 2 is 2.21 bits per heavy atom. The molecule has 19 heavy (non-hydrogen) atoms. The second kappa shape index (κ2) is 4.75. The van der Waals surface area contributed by atoms with Gasteiger partial charge in [-0.05, 0) is 35.1 Å². The first kappa shape index (κ1) is 12.3. The van der Waals surface area contributed by atoms with Crippen molar-refractivity contribution in [3.63, 3.8) is 0 Å². The Hall–Kier alpha value is -1.72. The number of aliphatic hydroxyl groups excluding tert-OH is 1. The number of carbonyl (C=O) groups is 1. The van der Waals surface area contributed by atoms with Crippen LogP contribution in [0.4, 0.5) is 10.1 Å². The lowest BCUT2D eigenvalue weighted by Crippen LogP contribution is -2.20. The first-order valence-electron chi connectivity index (χ1n) is 5.99. The summed E-state index contributed by atoms with van der Waals surface area (Å²) in [6.07, 6.45) is 0.0334. The molecule has 0 radical (unpaired) electrons. The molecule has 1 aromatic heterocycles. The van der Waals surface area contributed by atoms with Crippen LogP contribution >= 0.6 is 11.3 Å². The number of rotatable bonds is 2. The topological polar surface area (TPSA) is 49.3 Å². The Morgan fingerprint density at radius 3 is 2.95 bits per heavy atom. The Kier molecular flexibility index (Phi) is 3.08. The summed E-state index contributed by atoms with van der Waals surface area (Å²) in [6.45, 7) is 0. The lowest BCUT2D eigenvalue weighted by molar-refractivity contribution is -0.116. The van der Waals surface area contributed by atoms with Crippen molar-refractivity contribution in [2.24, 2.45) is 0 Å². The van der Waals surface area contributed by atoms with E-state index in [2.05, 4.69) is 5.32 Å². The number of anilines is 1. The van der Waals surface area contributed by atoms with E-state index in [1.807, 2.05) is 17.5 Å². The highest BCUT2D eigenvalue weighted by molar-refractivity contribution is 7.10. The van der Waals surface area contributed by atoms with Crippen LogP contribution in [-0.4, -0.2) is 11.0 Å². The van der Waals surface area contributed by atoms with Gasteiger partial charge >= 0.3 is 0 Å². The van der Waals surface area contributed by atoms with Crippen molar-refractivity contribution in [2.75, 3.05) is 5.32 Å². The zero-order chi connectivity index (χ0) is 13.4. The number of hydrogen-bond acceptors (Lipinski definition) is 3. The standard InChI is InChI=1S/C14H12FNO2S/c15-10-7-9(14(18)11-2-1-5-19-11)6-8-3-4-12(17)16-13(8)10/h1-2,5-7,14,18H,3-4H2,(H,16,17). The molecule has 98 valence electrons. The monoisotopic (exact) mass is 277 g/mol. The maximum atomic E-state index is 14.0. The van der Waals surface area contributed by atoms with Crippen molar-refractivity contribution in [2.45, 2.75) is 18.9 Å². The van der Waals surface area contributed by atoms with E-state index in [0.29, 0.717) is 18.4 Å². The van der Waals surface area contributed by atoms with Crippen molar-refractivity contribution in [3.8, 4) is 0 Å². The summed E-state index contributed by atoms with van der Waals surface area (Å²) in [7, 11) is 0. The third-order valence-electron chi connectivity index (χ3n) is 3.21. The molecule has 0 saturated heterocycles. The first-order valence-corrected chi connectivity index (χ1v) is 6.87. The summed E-state index contributed by atoms with van der Waals surface area (Å²) in [5, 5.41) is 14.6. The third kappa shape index (κ3) is 2.27. The van der Waals surface area contributed by atoms with Gasteiger partial charge in [-0.3, -0.25) is 4.79 Å². The van der Waals surface area contributed by atoms with Crippen LogP contribution in [0.25, 0.3) is 0 Å². The van der Waals surface area contributed by atoms with Crippen LogP contribution in [-0.2, 0) is 11.2 Å². The highest BCUT2D eigenvalue weighted by Gasteiger charge is 2.22. The second-order valence-electron chi connectivity index (χ2n) is 4.50. The predicted molar refractivity (Wildman–Crippen MR) is 71.7 cm³/mol. The number of thiophene rings is 1. The van der Waals surface area contributed by atoms with Crippen molar-refractivity contribution in [1.29, 1.82) is 0 Å². The van der Waals surface area contributed by atoms with Crippen LogP contribution in [0.15, 0.2) is 29.6 Å². The van der Waals surface area contributed by atoms with Gasteiger partial charge in [-0.25, -0.2) is 4.39 Å². The molecular formula is C14H12FNO2S. The maximum absolute atomic E-state index is 14.0. The van der Waals surface area contributed by atoms with Crippen LogP contribution in [0, 0.1) is 5.82 Å². The van der Waals surface area contributed by atoms with Gasteiger partial charge in [0, 0.05) is 11.3 Å². The zero-order valence-corrected chi connectivity index (χ0v) is 10.8. The van der Waals surface area contributed by atoms with E-state index in [1.54, 1.807) is 6.07 Å². The number of benzene rings is 1. The predicted octanol–water partition coefficient (Wildman–Crippen LogP) is 2.85. The van der Waals surface area contributed by atoms with E-state index in [1.165, 1.54) is 17.4 Å². The van der Waals surface area contributed by atoms with Crippen molar-refractivity contribution in [1.82, 2.24) is 0 Å². The molecule has 2 aromatic rings. The number of amides is 1. The maximum Gasteiger partial charge on any atom is 0.224 e. The van der Waals surface area contributed by atoms with Gasteiger partial charge in [-0.1, -0.05) is 12.1 Å². The molecule has 1 atom stereocenters. The Labute approximate surface area is 113 Å². The average Bonchev–Trinajstić information content (AvgIpc) is 2.92. The number of hydrogen-bond donors (Lipinski definition) is 2. The SMILES string of the molecule is O=C1CCc2cc(C(O)c3cccs3)cc(F)c2N1. The summed E-state index contributed by atoms with van der Waals surface area (Å²) in [4.78, 5) is 12.0. The minimum Gasteiger partial charge on any atom is -0.383 e. The average molecular weight is 277 g/mol. The van der Waals surface area contributed by atoms with Crippen LogP contribution in [0.1, 0.15) is 28.5 Å². The molecule has 1 amide bonds. The van der Waals surface area contributed by atoms with Gasteiger partial charge in [0.2, 0.25) is 5.91 Å². The molecule has 0 saturated carbocycles. The number of aliphatic hydroxyl groups is 1. The van der Waals surface area contributed by atoms with Gasteiger partial charge in [-0.15, -0.1) is 11.3 Å². The largest absolute Gasteiger partial charge is 0.383 e. The van der Waals surface area contributed by atoms with Gasteiger partial charge < -0.3 is 10.4 Å². The number of carbonyl (C=O) groups excluding carboxylic acids is 1. The lowest BCUT2D eigenvalue weighted by atomic mass is 9.97. The molecule has 2 N–H and O–H groups in total. The highest BCUT2D eigenvalue weighted by atomic mass is 32.1. The van der Waals surface area contributed by atoms with Gasteiger partial charge in [0.05, 0.1) is 5.69 Å². The summed E-state index contributed by atoms with van der Waals surface area (Å²) in [5.74, 6) is -0.658. The van der Waals surface area contributed by atoms with Crippen LogP contribution in [0.5, 0.6) is 0 Å². The molecule has 1 aliphatic rings. The van der Waals surface area contributed by atoms with E-state index in [-0.39, 0.29) is 11.6 Å². The first-order chi connectivity index (χ1) is 9.15. The van der Waals surface area contributed by atoms with Gasteiger partial charge in [0.15, 0.2) is 0 Å². The third-order valence-corrected chi connectivity index (χ3v) is 4.13. The molecule has 3 nitrogen and oxygen atoms in total. The molecule has 1 unspecified atom stereocenters. The Balaban J connectivity index is 2.01. The zero-order valence-electron chi connectivity index (χ0n) is 10.0. The van der Waals surface area contributed by atoms with Crippen molar-refractivity contribution >= 4 is 22.9 Å². The second-order valence-corrected chi connectivity index (χ2v) is 5.48. The normalized spacial score (nSPS) is 15.8. The molecule has 0 bridgehead atoms. The fraction of sp³-hybridized carbons (Fsp3) is 0.214. The summed E-state index contributed by atoms with van der Waals surface area (Å²) in [5.41, 5.74) is 1.51. The molecule has 0 fully saturated rings. The number of halogens is 1. The lowest BCUT2D eigenvalue weighted by Gasteiger charge is -2.20. The van der Waals surface area contributed by atoms with E-state index >= 15 is 0 Å². The van der Waals surface area contributed by atoms with Crippen molar-refractivity contribution in [3.05, 3.63) is 51.5 Å². The van der Waals surface area contributed by atoms with Gasteiger partial charge in [-0.2, -0.15) is 0 Å². The molecule has 3 rings (SSSR count). The minimum atomic E-state index is -0.822. The summed E-state index contributed by atoms with van der Waals surface area (Å²) in [6, 6.07) is 6.71. The minimum absolute atomic E-state index is 0.169. The Bertz CT molecular complexity index is 625. The highest BCUT2D eigenvalue weighted by Crippen LogP contribution is 2.32.